The van der Waals surface area contributed by atoms with Gasteiger partial charge in [0.25, 0.3) is 0 Å². The molecule has 1 aliphatic carbocycles. The van der Waals surface area contributed by atoms with E-state index in [1.54, 1.807) is 0 Å². The Morgan fingerprint density at radius 1 is 0.800 bits per heavy atom. The molecule has 1 aliphatic rings. The second kappa shape index (κ2) is 6.95. The van der Waals surface area contributed by atoms with Crippen molar-refractivity contribution in [1.82, 2.24) is 4.40 Å². The van der Waals surface area contributed by atoms with Crippen molar-refractivity contribution < 1.29 is 4.57 Å². The fraction of sp³-hybridized carbons (Fsp3) is 0.242. The Labute approximate surface area is 204 Å². The molecule has 1 saturated carbocycles. The maximum Gasteiger partial charge on any atom is 0.224 e. The quantitative estimate of drug-likeness (QED) is 0.142. The lowest BCUT2D eigenvalue weighted by Gasteiger charge is -2.17. The van der Waals surface area contributed by atoms with Crippen LogP contribution in [0.5, 0.6) is 0 Å². The molecule has 1 fully saturated rings. The van der Waals surface area contributed by atoms with Crippen LogP contribution in [0, 0.1) is 12.8 Å². The average molecular weight is 454 g/mol. The zero-order valence-electron chi connectivity index (χ0n) is 20.4. The molecule has 4 aromatic carbocycles. The zero-order chi connectivity index (χ0) is 23.3. The number of nitrogens with zero attached hydrogens (tertiary/aromatic N) is 2. The first kappa shape index (κ1) is 19.6. The van der Waals surface area contributed by atoms with Gasteiger partial charge in [-0.2, -0.15) is 0 Å². The molecular weight excluding hydrogens is 424 g/mol. The van der Waals surface area contributed by atoms with Crippen molar-refractivity contribution in [1.29, 1.82) is 0 Å². The molecule has 0 spiro atoms. The fourth-order valence-electron chi connectivity index (χ4n) is 7.30. The van der Waals surface area contributed by atoms with E-state index in [2.05, 4.69) is 95.9 Å². The number of pyridine rings is 2. The maximum absolute atomic E-state index is 2.56. The molecule has 0 unspecified atom stereocenters. The lowest BCUT2D eigenvalue weighted by atomic mass is 9.90. The van der Waals surface area contributed by atoms with E-state index in [0.717, 1.165) is 5.92 Å². The molecule has 2 heteroatoms. The van der Waals surface area contributed by atoms with Gasteiger partial charge in [0, 0.05) is 16.8 Å². The standard InChI is InChI=1S/C33H29N2/c1-20-24-12-6-5-11-22(24)19-29-30(20)33-31-25(15-16-34(33)2)23(17-21-9-3-4-10-21)18-27-26-13-7-8-14-28(26)35(29)32(27)31/h5-8,11-16,18-19,21H,3-4,9-10,17H2,1-2H3/q+1. The van der Waals surface area contributed by atoms with Crippen molar-refractivity contribution in [2.45, 2.75) is 39.0 Å². The van der Waals surface area contributed by atoms with Gasteiger partial charge < -0.3 is 4.40 Å². The molecule has 35 heavy (non-hydrogen) atoms. The summed E-state index contributed by atoms with van der Waals surface area (Å²) in [5, 5.41) is 9.69. The molecule has 0 aliphatic heterocycles. The van der Waals surface area contributed by atoms with E-state index >= 15 is 0 Å². The highest BCUT2D eigenvalue weighted by Crippen LogP contribution is 2.44. The largest absolute Gasteiger partial charge is 0.307 e. The lowest BCUT2D eigenvalue weighted by molar-refractivity contribution is -0.643. The van der Waals surface area contributed by atoms with Gasteiger partial charge >= 0.3 is 0 Å². The number of fused-ring (bicyclic) bond motifs is 7. The molecule has 8 rings (SSSR count). The Bertz CT molecular complexity index is 1950. The summed E-state index contributed by atoms with van der Waals surface area (Å²) in [5.74, 6) is 0.822. The van der Waals surface area contributed by atoms with E-state index in [1.807, 2.05) is 0 Å². The topological polar surface area (TPSA) is 8.29 Å². The summed E-state index contributed by atoms with van der Waals surface area (Å²) < 4.78 is 4.93. The van der Waals surface area contributed by atoms with Crippen molar-refractivity contribution in [2.24, 2.45) is 13.0 Å². The molecule has 0 bridgehead atoms. The van der Waals surface area contributed by atoms with Crippen LogP contribution in [-0.2, 0) is 13.5 Å². The number of para-hydroxylation sites is 1. The molecule has 3 heterocycles. The van der Waals surface area contributed by atoms with Gasteiger partial charge in [-0.25, -0.2) is 4.57 Å². The van der Waals surface area contributed by atoms with Crippen molar-refractivity contribution in [3.05, 3.63) is 84.1 Å². The van der Waals surface area contributed by atoms with Gasteiger partial charge in [-0.05, 0) is 64.7 Å². The average Bonchev–Trinajstić information content (AvgIpc) is 3.51. The summed E-state index contributed by atoms with van der Waals surface area (Å²) in [6, 6.07) is 25.2. The molecule has 0 N–H and O–H groups in total. The number of benzene rings is 4. The van der Waals surface area contributed by atoms with E-state index in [4.69, 9.17) is 0 Å². The van der Waals surface area contributed by atoms with Crippen LogP contribution >= 0.6 is 0 Å². The van der Waals surface area contributed by atoms with Crippen LogP contribution in [0.1, 0.15) is 36.8 Å². The van der Waals surface area contributed by atoms with Crippen LogP contribution in [0.25, 0.3) is 59.8 Å². The monoisotopic (exact) mass is 453 g/mol. The molecule has 170 valence electrons. The Kier molecular flexibility index (Phi) is 3.90. The van der Waals surface area contributed by atoms with Gasteiger partial charge in [-0.1, -0.05) is 68.1 Å². The third kappa shape index (κ3) is 2.52. The minimum atomic E-state index is 0.822. The van der Waals surface area contributed by atoms with Crippen molar-refractivity contribution in [2.75, 3.05) is 0 Å². The van der Waals surface area contributed by atoms with Gasteiger partial charge in [0.2, 0.25) is 5.52 Å². The van der Waals surface area contributed by atoms with Crippen molar-refractivity contribution in [3.8, 4) is 0 Å². The Hall–Kier alpha value is -3.65. The summed E-state index contributed by atoms with van der Waals surface area (Å²) >= 11 is 0. The second-order valence-corrected chi connectivity index (χ2v) is 10.8. The first-order chi connectivity index (χ1) is 17.2. The Balaban J connectivity index is 1.68. The van der Waals surface area contributed by atoms with Gasteiger partial charge in [0.05, 0.1) is 27.3 Å². The normalized spacial score (nSPS) is 15.3. The number of rotatable bonds is 2. The van der Waals surface area contributed by atoms with E-state index in [9.17, 15) is 0 Å². The fourth-order valence-corrected chi connectivity index (χ4v) is 7.30. The first-order valence-corrected chi connectivity index (χ1v) is 13.1. The molecule has 7 aromatic rings. The third-order valence-electron chi connectivity index (χ3n) is 8.89. The van der Waals surface area contributed by atoms with Gasteiger partial charge in [0.1, 0.15) is 7.05 Å². The van der Waals surface area contributed by atoms with Crippen LogP contribution in [0.4, 0.5) is 0 Å². The van der Waals surface area contributed by atoms with Crippen LogP contribution in [0.15, 0.2) is 72.9 Å². The molecule has 0 saturated heterocycles. The van der Waals surface area contributed by atoms with Gasteiger partial charge in [0.15, 0.2) is 6.20 Å². The van der Waals surface area contributed by atoms with Crippen molar-refractivity contribution in [3.63, 3.8) is 0 Å². The van der Waals surface area contributed by atoms with Crippen LogP contribution < -0.4 is 4.57 Å². The van der Waals surface area contributed by atoms with Gasteiger partial charge in [-0.3, -0.25) is 0 Å². The maximum atomic E-state index is 2.56. The Morgan fingerprint density at radius 3 is 2.43 bits per heavy atom. The predicted octanol–water partition coefficient (Wildman–Crippen LogP) is 8.01. The zero-order valence-corrected chi connectivity index (χ0v) is 20.4. The minimum absolute atomic E-state index is 0.822. The number of hydrogen-bond donors (Lipinski definition) is 0. The van der Waals surface area contributed by atoms with E-state index in [-0.39, 0.29) is 0 Å². The molecular formula is C33H29N2+. The van der Waals surface area contributed by atoms with Crippen LogP contribution in [0.2, 0.25) is 0 Å². The molecule has 0 atom stereocenters. The lowest BCUT2D eigenvalue weighted by Crippen LogP contribution is -2.29. The minimum Gasteiger partial charge on any atom is -0.307 e. The molecule has 3 aromatic heterocycles. The SMILES string of the molecule is Cc1c2ccccc2cc2c1c1c3c(cc[n+]1C)c(CC1CCCC1)cc1c4ccccc4n2c13. The second-order valence-electron chi connectivity index (χ2n) is 10.8. The van der Waals surface area contributed by atoms with E-state index < -0.39 is 0 Å². The molecule has 0 radical (unpaired) electrons. The van der Waals surface area contributed by atoms with Gasteiger partial charge in [-0.15, -0.1) is 0 Å². The van der Waals surface area contributed by atoms with Crippen molar-refractivity contribution >= 4 is 59.8 Å². The highest BCUT2D eigenvalue weighted by Gasteiger charge is 2.27. The molecule has 0 amide bonds. The first-order valence-electron chi connectivity index (χ1n) is 13.1. The highest BCUT2D eigenvalue weighted by molar-refractivity contribution is 6.28. The van der Waals surface area contributed by atoms with E-state index in [1.165, 1.54) is 103 Å². The summed E-state index contributed by atoms with van der Waals surface area (Å²) in [6.45, 7) is 2.32. The summed E-state index contributed by atoms with van der Waals surface area (Å²) in [7, 11) is 2.22. The summed E-state index contributed by atoms with van der Waals surface area (Å²) in [5.41, 5.74) is 8.28. The van der Waals surface area contributed by atoms with Crippen LogP contribution in [-0.4, -0.2) is 4.40 Å². The molecule has 2 nitrogen and oxygen atoms in total. The van der Waals surface area contributed by atoms with E-state index in [0.29, 0.717) is 0 Å². The number of aryl methyl sites for hydroxylation is 2. The van der Waals surface area contributed by atoms with Crippen LogP contribution in [0.3, 0.4) is 0 Å². The smallest absolute Gasteiger partial charge is 0.224 e. The Morgan fingerprint density at radius 2 is 1.57 bits per heavy atom. The highest BCUT2D eigenvalue weighted by atomic mass is 15.0. The number of hydrogen-bond acceptors (Lipinski definition) is 0. The predicted molar refractivity (Wildman–Crippen MR) is 148 cm³/mol. The summed E-state index contributed by atoms with van der Waals surface area (Å²) in [4.78, 5) is 0. The third-order valence-corrected chi connectivity index (χ3v) is 8.89. The summed E-state index contributed by atoms with van der Waals surface area (Å²) in [6.07, 6.45) is 9.03. The number of aromatic nitrogens is 2.